The van der Waals surface area contributed by atoms with E-state index in [0.717, 1.165) is 49.2 Å². The first-order valence-corrected chi connectivity index (χ1v) is 13.2. The average Bonchev–Trinajstić information content (AvgIpc) is 3.60. The predicted octanol–water partition coefficient (Wildman–Crippen LogP) is 5.49. The van der Waals surface area contributed by atoms with Gasteiger partial charge < -0.3 is 25.4 Å². The van der Waals surface area contributed by atoms with Gasteiger partial charge in [0, 0.05) is 62.4 Å². The fourth-order valence-electron chi connectivity index (χ4n) is 5.45. The molecule has 6 nitrogen and oxygen atoms in total. The van der Waals surface area contributed by atoms with Crippen LogP contribution in [0.5, 0.6) is 0 Å². The molecule has 1 unspecified atom stereocenters. The molecule has 1 aliphatic heterocycles. The van der Waals surface area contributed by atoms with E-state index in [9.17, 15) is 4.79 Å². The Hall–Kier alpha value is -2.70. The Morgan fingerprint density at radius 1 is 1.14 bits per heavy atom. The van der Waals surface area contributed by atoms with Crippen LogP contribution in [0, 0.1) is 5.92 Å². The zero-order valence-corrected chi connectivity index (χ0v) is 21.5. The number of nitrogens with one attached hydrogen (secondary N) is 3. The van der Waals surface area contributed by atoms with E-state index in [4.69, 9.17) is 11.6 Å². The number of carbonyl (C=O) groups is 1. The number of nitrogens with zero attached hydrogens (tertiary/aromatic N) is 2. The van der Waals surface area contributed by atoms with E-state index < -0.39 is 0 Å². The molecule has 35 heavy (non-hydrogen) atoms. The third-order valence-electron chi connectivity index (χ3n) is 7.40. The zero-order valence-electron chi connectivity index (χ0n) is 20.7. The minimum atomic E-state index is 0.0744. The SMILES string of the molecule is CN(C)c1cccc(CNCC2CCN(C(=O)c3cc4cc(Cl)cc(NC5CCCC5)c4[nH]3)C2)c1. The maximum Gasteiger partial charge on any atom is 0.270 e. The second-order valence-electron chi connectivity index (χ2n) is 10.3. The highest BCUT2D eigenvalue weighted by Gasteiger charge is 2.28. The van der Waals surface area contributed by atoms with Crippen molar-refractivity contribution in [2.45, 2.75) is 44.7 Å². The van der Waals surface area contributed by atoms with Gasteiger partial charge in [-0.3, -0.25) is 4.79 Å². The molecule has 2 aliphatic rings. The van der Waals surface area contributed by atoms with E-state index in [0.29, 0.717) is 22.7 Å². The molecular formula is C28H36ClN5O. The number of likely N-dealkylation sites (tertiary alicyclic amines) is 1. The van der Waals surface area contributed by atoms with E-state index in [1.807, 2.05) is 23.1 Å². The lowest BCUT2D eigenvalue weighted by atomic mass is 10.1. The van der Waals surface area contributed by atoms with Crippen LogP contribution in [0.4, 0.5) is 11.4 Å². The number of H-pyrrole nitrogens is 1. The molecule has 3 aromatic rings. The number of aromatic amines is 1. The molecule has 1 saturated carbocycles. The second kappa shape index (κ2) is 10.5. The van der Waals surface area contributed by atoms with E-state index >= 15 is 0 Å². The van der Waals surface area contributed by atoms with Crippen molar-refractivity contribution in [1.82, 2.24) is 15.2 Å². The second-order valence-corrected chi connectivity index (χ2v) is 10.8. The minimum absolute atomic E-state index is 0.0744. The molecule has 1 aliphatic carbocycles. The molecule has 3 N–H and O–H groups in total. The summed E-state index contributed by atoms with van der Waals surface area (Å²) in [6, 6.07) is 14.9. The number of rotatable bonds is 8. The highest BCUT2D eigenvalue weighted by Crippen LogP contribution is 2.32. The van der Waals surface area contributed by atoms with Crippen LogP contribution in [0.1, 0.15) is 48.2 Å². The number of amides is 1. The first-order chi connectivity index (χ1) is 17.0. The summed E-state index contributed by atoms with van der Waals surface area (Å²) < 4.78 is 0. The average molecular weight is 494 g/mol. The van der Waals surface area contributed by atoms with E-state index in [2.05, 4.69) is 58.9 Å². The maximum atomic E-state index is 13.3. The molecule has 2 heterocycles. The van der Waals surface area contributed by atoms with Gasteiger partial charge in [-0.2, -0.15) is 0 Å². The number of hydrogen-bond donors (Lipinski definition) is 3. The van der Waals surface area contributed by atoms with Gasteiger partial charge in [-0.1, -0.05) is 36.6 Å². The quantitative estimate of drug-likeness (QED) is 0.388. The highest BCUT2D eigenvalue weighted by molar-refractivity contribution is 6.32. The number of anilines is 2. The number of halogens is 1. The minimum Gasteiger partial charge on any atom is -0.381 e. The molecule has 1 amide bonds. The standard InChI is InChI=1S/C28H36ClN5O/c1-33(2)24-9-5-6-19(12-24)16-30-17-20-10-11-34(18-20)28(35)26-14-21-13-22(29)15-25(27(21)32-26)31-23-7-3-4-8-23/h5-6,9,12-15,20,23,30-32H,3-4,7-8,10-11,16-18H2,1-2H3. The van der Waals surface area contributed by atoms with Crippen LogP contribution in [-0.4, -0.2) is 55.6 Å². The normalized spacial score (nSPS) is 18.5. The maximum absolute atomic E-state index is 13.3. The van der Waals surface area contributed by atoms with Gasteiger partial charge in [-0.05, 0) is 61.1 Å². The molecule has 0 radical (unpaired) electrons. The Morgan fingerprint density at radius 3 is 2.77 bits per heavy atom. The van der Waals surface area contributed by atoms with Gasteiger partial charge in [0.05, 0.1) is 11.2 Å². The van der Waals surface area contributed by atoms with Gasteiger partial charge in [-0.25, -0.2) is 0 Å². The molecule has 5 rings (SSSR count). The van der Waals surface area contributed by atoms with Gasteiger partial charge in [0.1, 0.15) is 5.69 Å². The van der Waals surface area contributed by atoms with Gasteiger partial charge in [0.2, 0.25) is 0 Å². The molecular weight excluding hydrogens is 458 g/mol. The number of carbonyl (C=O) groups excluding carboxylic acids is 1. The predicted molar refractivity (Wildman–Crippen MR) is 146 cm³/mol. The van der Waals surface area contributed by atoms with E-state index in [-0.39, 0.29) is 5.91 Å². The molecule has 2 aromatic carbocycles. The number of benzene rings is 2. The lowest BCUT2D eigenvalue weighted by molar-refractivity contribution is 0.0782. The zero-order chi connectivity index (χ0) is 24.4. The monoisotopic (exact) mass is 493 g/mol. The largest absolute Gasteiger partial charge is 0.381 e. The summed E-state index contributed by atoms with van der Waals surface area (Å²) in [6.45, 7) is 3.33. The van der Waals surface area contributed by atoms with Crippen LogP contribution in [-0.2, 0) is 6.54 Å². The molecule has 186 valence electrons. The fraction of sp³-hybridized carbons (Fsp3) is 0.464. The molecule has 1 aromatic heterocycles. The third kappa shape index (κ3) is 5.60. The molecule has 0 bridgehead atoms. The summed E-state index contributed by atoms with van der Waals surface area (Å²) in [5.41, 5.74) is 5.11. The third-order valence-corrected chi connectivity index (χ3v) is 7.62. The lowest BCUT2D eigenvalue weighted by Gasteiger charge is -2.17. The van der Waals surface area contributed by atoms with Crippen LogP contribution in [0.15, 0.2) is 42.5 Å². The molecule has 0 spiro atoms. The van der Waals surface area contributed by atoms with Crippen molar-refractivity contribution < 1.29 is 4.79 Å². The van der Waals surface area contributed by atoms with Crippen molar-refractivity contribution in [2.24, 2.45) is 5.92 Å². The molecule has 1 saturated heterocycles. The van der Waals surface area contributed by atoms with Crippen molar-refractivity contribution >= 4 is 39.8 Å². The van der Waals surface area contributed by atoms with Crippen molar-refractivity contribution in [2.75, 3.05) is 43.9 Å². The first-order valence-electron chi connectivity index (χ1n) is 12.8. The Labute approximate surface area is 213 Å². The van der Waals surface area contributed by atoms with Crippen LogP contribution in [0.25, 0.3) is 10.9 Å². The van der Waals surface area contributed by atoms with E-state index in [1.165, 1.54) is 36.9 Å². The Kier molecular flexibility index (Phi) is 7.21. The molecule has 1 atom stereocenters. The van der Waals surface area contributed by atoms with Crippen LogP contribution in [0.2, 0.25) is 5.02 Å². The molecule has 7 heteroatoms. The summed E-state index contributed by atoms with van der Waals surface area (Å²) in [6.07, 6.45) is 5.93. The van der Waals surface area contributed by atoms with Crippen molar-refractivity contribution in [3.8, 4) is 0 Å². The number of hydrogen-bond acceptors (Lipinski definition) is 4. The summed E-state index contributed by atoms with van der Waals surface area (Å²) in [5, 5.41) is 8.92. The first kappa shape index (κ1) is 24.0. The summed E-state index contributed by atoms with van der Waals surface area (Å²) >= 11 is 6.40. The smallest absolute Gasteiger partial charge is 0.270 e. The van der Waals surface area contributed by atoms with Gasteiger partial charge in [-0.15, -0.1) is 0 Å². The van der Waals surface area contributed by atoms with Crippen LogP contribution < -0.4 is 15.5 Å². The van der Waals surface area contributed by atoms with Crippen molar-refractivity contribution in [3.63, 3.8) is 0 Å². The van der Waals surface area contributed by atoms with Gasteiger partial charge in [0.15, 0.2) is 0 Å². The van der Waals surface area contributed by atoms with Crippen molar-refractivity contribution in [1.29, 1.82) is 0 Å². The number of aromatic nitrogens is 1. The van der Waals surface area contributed by atoms with Crippen LogP contribution in [0.3, 0.4) is 0 Å². The number of fused-ring (bicyclic) bond motifs is 1. The van der Waals surface area contributed by atoms with Gasteiger partial charge in [0.25, 0.3) is 5.91 Å². The fourth-order valence-corrected chi connectivity index (χ4v) is 5.67. The topological polar surface area (TPSA) is 63.4 Å². The Bertz CT molecular complexity index is 1180. The Balaban J connectivity index is 1.19. The summed E-state index contributed by atoms with van der Waals surface area (Å²) in [5.74, 6) is 0.541. The van der Waals surface area contributed by atoms with Gasteiger partial charge >= 0.3 is 0 Å². The summed E-state index contributed by atoms with van der Waals surface area (Å²) in [4.78, 5) is 20.8. The van der Waals surface area contributed by atoms with E-state index in [1.54, 1.807) is 0 Å². The lowest BCUT2D eigenvalue weighted by Crippen LogP contribution is -2.31. The van der Waals surface area contributed by atoms with Crippen molar-refractivity contribution in [3.05, 3.63) is 58.7 Å². The highest BCUT2D eigenvalue weighted by atomic mass is 35.5. The molecule has 2 fully saturated rings. The van der Waals surface area contributed by atoms with Crippen LogP contribution >= 0.6 is 11.6 Å². The Morgan fingerprint density at radius 2 is 1.97 bits per heavy atom. The summed E-state index contributed by atoms with van der Waals surface area (Å²) in [7, 11) is 4.12.